The van der Waals surface area contributed by atoms with Crippen LogP contribution in [0.25, 0.3) is 0 Å². The normalized spacial score (nSPS) is 24.6. The van der Waals surface area contributed by atoms with E-state index in [1.807, 2.05) is 19.1 Å². The molecule has 0 radical (unpaired) electrons. The lowest BCUT2D eigenvalue weighted by Crippen LogP contribution is -2.25. The molecule has 0 amide bonds. The van der Waals surface area contributed by atoms with Gasteiger partial charge in [-0.1, -0.05) is 0 Å². The number of aryl methyl sites for hydroxylation is 1. The zero-order chi connectivity index (χ0) is 12.3. The molecule has 3 nitrogen and oxygen atoms in total. The van der Waals surface area contributed by atoms with Gasteiger partial charge in [-0.3, -0.25) is 0 Å². The molecule has 0 bridgehead atoms. The van der Waals surface area contributed by atoms with Crippen LogP contribution in [-0.2, 0) is 0 Å². The molecule has 0 aliphatic heterocycles. The van der Waals surface area contributed by atoms with Crippen molar-refractivity contribution in [1.29, 1.82) is 0 Å². The fourth-order valence-corrected chi connectivity index (χ4v) is 2.41. The van der Waals surface area contributed by atoms with Crippen LogP contribution in [0.5, 0.6) is 5.88 Å². The quantitative estimate of drug-likeness (QED) is 0.933. The van der Waals surface area contributed by atoms with E-state index in [2.05, 4.69) is 20.9 Å². The van der Waals surface area contributed by atoms with Gasteiger partial charge in [0.2, 0.25) is 5.88 Å². The van der Waals surface area contributed by atoms with Crippen LogP contribution in [0.15, 0.2) is 16.6 Å². The Labute approximate surface area is 110 Å². The van der Waals surface area contributed by atoms with Gasteiger partial charge in [0.15, 0.2) is 0 Å². The van der Waals surface area contributed by atoms with Crippen LogP contribution in [0.2, 0.25) is 0 Å². The number of nitrogens with zero attached hydrogens (tertiary/aromatic N) is 1. The van der Waals surface area contributed by atoms with Crippen LogP contribution in [0, 0.1) is 12.8 Å². The zero-order valence-electron chi connectivity index (χ0n) is 10.0. The molecule has 1 fully saturated rings. The Hall–Kier alpha value is -0.610. The Morgan fingerprint density at radius 1 is 1.35 bits per heavy atom. The molecule has 1 N–H and O–H groups in total. The second kappa shape index (κ2) is 5.83. The lowest BCUT2D eigenvalue weighted by atomic mass is 9.88. The lowest BCUT2D eigenvalue weighted by Gasteiger charge is -2.27. The summed E-state index contributed by atoms with van der Waals surface area (Å²) in [6.45, 7) is 2.27. The van der Waals surface area contributed by atoms with Gasteiger partial charge in [0.25, 0.3) is 0 Å². The maximum atomic E-state index is 9.08. The molecule has 1 aliphatic carbocycles. The molecule has 1 aromatic rings. The summed E-state index contributed by atoms with van der Waals surface area (Å²) in [5.41, 5.74) is 0.951. The zero-order valence-corrected chi connectivity index (χ0v) is 11.6. The van der Waals surface area contributed by atoms with E-state index in [1.54, 1.807) is 0 Å². The molecule has 0 unspecified atom stereocenters. The van der Waals surface area contributed by atoms with E-state index in [1.165, 1.54) is 0 Å². The van der Waals surface area contributed by atoms with Crippen LogP contribution in [0.1, 0.15) is 31.4 Å². The Bertz CT molecular complexity index is 376. The van der Waals surface area contributed by atoms with Gasteiger partial charge in [0.1, 0.15) is 6.10 Å². The summed E-state index contributed by atoms with van der Waals surface area (Å²) in [6.07, 6.45) is 4.39. The van der Waals surface area contributed by atoms with Crippen molar-refractivity contribution < 1.29 is 9.84 Å². The van der Waals surface area contributed by atoms with Crippen LogP contribution in [-0.4, -0.2) is 22.8 Å². The Morgan fingerprint density at radius 2 is 2.06 bits per heavy atom. The first kappa shape index (κ1) is 12.8. The van der Waals surface area contributed by atoms with E-state index in [4.69, 9.17) is 9.84 Å². The summed E-state index contributed by atoms with van der Waals surface area (Å²) in [5.74, 6) is 1.17. The highest BCUT2D eigenvalue weighted by Gasteiger charge is 2.22. The molecule has 1 saturated carbocycles. The van der Waals surface area contributed by atoms with E-state index in [9.17, 15) is 0 Å². The van der Waals surface area contributed by atoms with Gasteiger partial charge in [0.05, 0.1) is 5.69 Å². The average Bonchev–Trinajstić information content (AvgIpc) is 2.35. The number of rotatable bonds is 3. The van der Waals surface area contributed by atoms with Crippen molar-refractivity contribution in [3.63, 3.8) is 0 Å². The molecular weight excluding hydrogens is 282 g/mol. The Morgan fingerprint density at radius 3 is 2.65 bits per heavy atom. The Balaban J connectivity index is 1.91. The van der Waals surface area contributed by atoms with E-state index >= 15 is 0 Å². The highest BCUT2D eigenvalue weighted by atomic mass is 79.9. The largest absolute Gasteiger partial charge is 0.474 e. The molecule has 4 heteroatoms. The van der Waals surface area contributed by atoms with Crippen molar-refractivity contribution in [3.8, 4) is 5.88 Å². The molecule has 0 aromatic carbocycles. The van der Waals surface area contributed by atoms with Crippen molar-refractivity contribution in [2.75, 3.05) is 6.61 Å². The maximum Gasteiger partial charge on any atom is 0.213 e. The second-order valence-electron chi connectivity index (χ2n) is 4.66. The molecule has 17 heavy (non-hydrogen) atoms. The standard InChI is InChI=1S/C13H18BrNO2/c1-9-12(14)6-7-13(15-9)17-11-4-2-10(8-16)3-5-11/h6-7,10-11,16H,2-5,8H2,1H3. The fraction of sp³-hybridized carbons (Fsp3) is 0.615. The molecule has 94 valence electrons. The molecule has 2 rings (SSSR count). The molecule has 1 aliphatic rings. The summed E-state index contributed by atoms with van der Waals surface area (Å²) in [4.78, 5) is 4.39. The summed E-state index contributed by atoms with van der Waals surface area (Å²) in [5, 5.41) is 9.08. The topological polar surface area (TPSA) is 42.4 Å². The number of aliphatic hydroxyl groups excluding tert-OH is 1. The van der Waals surface area contributed by atoms with Crippen molar-refractivity contribution in [3.05, 3.63) is 22.3 Å². The monoisotopic (exact) mass is 299 g/mol. The molecule has 1 aromatic heterocycles. The minimum absolute atomic E-state index is 0.255. The number of aromatic nitrogens is 1. The van der Waals surface area contributed by atoms with Crippen molar-refractivity contribution in [2.45, 2.75) is 38.7 Å². The second-order valence-corrected chi connectivity index (χ2v) is 5.51. The molecule has 1 heterocycles. The van der Waals surface area contributed by atoms with Gasteiger partial charge >= 0.3 is 0 Å². The summed E-state index contributed by atoms with van der Waals surface area (Å²) >= 11 is 3.43. The minimum atomic E-state index is 0.255. The van der Waals surface area contributed by atoms with E-state index in [-0.39, 0.29) is 6.10 Å². The first-order chi connectivity index (χ1) is 8.19. The smallest absolute Gasteiger partial charge is 0.213 e. The van der Waals surface area contributed by atoms with Gasteiger partial charge < -0.3 is 9.84 Å². The van der Waals surface area contributed by atoms with E-state index < -0.39 is 0 Å². The predicted molar refractivity (Wildman–Crippen MR) is 70.1 cm³/mol. The maximum absolute atomic E-state index is 9.08. The third-order valence-electron chi connectivity index (χ3n) is 3.34. The van der Waals surface area contributed by atoms with Gasteiger partial charge in [-0.25, -0.2) is 4.98 Å². The van der Waals surface area contributed by atoms with E-state index in [0.29, 0.717) is 18.4 Å². The van der Waals surface area contributed by atoms with Gasteiger partial charge in [0, 0.05) is 17.1 Å². The van der Waals surface area contributed by atoms with E-state index in [0.717, 1.165) is 35.8 Å². The first-order valence-corrected chi connectivity index (χ1v) is 6.89. The number of aliphatic hydroxyl groups is 1. The summed E-state index contributed by atoms with van der Waals surface area (Å²) < 4.78 is 6.88. The molecule has 0 atom stereocenters. The third kappa shape index (κ3) is 3.42. The van der Waals surface area contributed by atoms with Crippen molar-refractivity contribution >= 4 is 15.9 Å². The molecular formula is C13H18BrNO2. The first-order valence-electron chi connectivity index (χ1n) is 6.09. The molecule has 0 saturated heterocycles. The fourth-order valence-electron chi connectivity index (χ4n) is 2.19. The highest BCUT2D eigenvalue weighted by molar-refractivity contribution is 9.10. The number of hydrogen-bond donors (Lipinski definition) is 1. The predicted octanol–water partition coefficient (Wildman–Crippen LogP) is 3.08. The minimum Gasteiger partial charge on any atom is -0.474 e. The van der Waals surface area contributed by atoms with Crippen LogP contribution in [0.4, 0.5) is 0 Å². The van der Waals surface area contributed by atoms with Gasteiger partial charge in [-0.05, 0) is 60.5 Å². The number of halogens is 1. The third-order valence-corrected chi connectivity index (χ3v) is 4.17. The van der Waals surface area contributed by atoms with Crippen LogP contribution < -0.4 is 4.74 Å². The van der Waals surface area contributed by atoms with Gasteiger partial charge in [-0.2, -0.15) is 0 Å². The lowest BCUT2D eigenvalue weighted by molar-refractivity contribution is 0.100. The van der Waals surface area contributed by atoms with Crippen molar-refractivity contribution in [2.24, 2.45) is 5.92 Å². The highest BCUT2D eigenvalue weighted by Crippen LogP contribution is 2.27. The Kier molecular flexibility index (Phi) is 4.40. The van der Waals surface area contributed by atoms with Crippen molar-refractivity contribution in [1.82, 2.24) is 4.98 Å². The van der Waals surface area contributed by atoms with Gasteiger partial charge in [-0.15, -0.1) is 0 Å². The van der Waals surface area contributed by atoms with Crippen LogP contribution >= 0.6 is 15.9 Å². The summed E-state index contributed by atoms with van der Waals surface area (Å²) in [7, 11) is 0. The molecule has 0 spiro atoms. The number of ether oxygens (including phenoxy) is 1. The number of pyridine rings is 1. The van der Waals surface area contributed by atoms with Crippen LogP contribution in [0.3, 0.4) is 0 Å². The summed E-state index contributed by atoms with van der Waals surface area (Å²) in [6, 6.07) is 3.87. The number of hydrogen-bond acceptors (Lipinski definition) is 3. The average molecular weight is 300 g/mol. The SMILES string of the molecule is Cc1nc(OC2CCC(CO)CC2)ccc1Br.